The lowest BCUT2D eigenvalue weighted by Gasteiger charge is -2.35. The molecule has 6 nitrogen and oxygen atoms in total. The van der Waals surface area contributed by atoms with Crippen LogP contribution in [0.1, 0.15) is 30.5 Å². The third-order valence-corrected chi connectivity index (χ3v) is 5.10. The van der Waals surface area contributed by atoms with Crippen LogP contribution in [-0.2, 0) is 12.8 Å². The first-order chi connectivity index (χ1) is 13.4. The van der Waals surface area contributed by atoms with Gasteiger partial charge in [0, 0.05) is 14.0 Å². The summed E-state index contributed by atoms with van der Waals surface area (Å²) in [7, 11) is 6.53. The van der Waals surface area contributed by atoms with E-state index in [1.54, 1.807) is 18.2 Å². The molecule has 0 spiro atoms. The highest BCUT2D eigenvalue weighted by atomic mass is 16.5. The summed E-state index contributed by atoms with van der Waals surface area (Å²) in [6.45, 7) is 0.600. The van der Waals surface area contributed by atoms with Gasteiger partial charge in [-0.25, -0.2) is 0 Å². The lowest BCUT2D eigenvalue weighted by Crippen LogP contribution is -2.32. The van der Waals surface area contributed by atoms with E-state index >= 15 is 0 Å². The fourth-order valence-electron chi connectivity index (χ4n) is 3.66. The Hall–Kier alpha value is -2.60. The number of fused-ring (bicyclic) bond motifs is 1. The van der Waals surface area contributed by atoms with Crippen molar-refractivity contribution in [2.45, 2.75) is 25.3 Å². The van der Waals surface area contributed by atoms with Crippen molar-refractivity contribution >= 4 is 0 Å². The first-order valence-corrected chi connectivity index (χ1v) is 8.86. The van der Waals surface area contributed by atoms with Crippen LogP contribution in [0.4, 0.5) is 0 Å². The average molecular weight is 375 g/mol. The summed E-state index contributed by atoms with van der Waals surface area (Å²) < 4.78 is 24.1. The number of benzene rings is 2. The van der Waals surface area contributed by atoms with Gasteiger partial charge < -0.3 is 24.4 Å². The van der Waals surface area contributed by atoms with Gasteiger partial charge in [0.25, 0.3) is 0 Å². The van der Waals surface area contributed by atoms with Crippen molar-refractivity contribution in [1.29, 1.82) is 0 Å². The molecule has 1 aliphatic heterocycles. The van der Waals surface area contributed by atoms with Crippen molar-refractivity contribution in [3.8, 4) is 28.7 Å². The largest absolute Gasteiger partial charge is 0.504 e. The first-order valence-electron chi connectivity index (χ1n) is 9.44. The first kappa shape index (κ1) is 17.8. The van der Waals surface area contributed by atoms with Gasteiger partial charge in [-0.3, -0.25) is 4.90 Å². The van der Waals surface area contributed by atoms with E-state index in [1.807, 2.05) is 13.1 Å². The molecule has 146 valence electrons. The highest BCUT2D eigenvalue weighted by Crippen LogP contribution is 2.41. The molecule has 1 aliphatic rings. The lowest BCUT2D eigenvalue weighted by molar-refractivity contribution is 0.218. The third-order valence-electron chi connectivity index (χ3n) is 5.10. The zero-order chi connectivity index (χ0) is 20.4. The number of hydrogen-bond acceptors (Lipinski definition) is 6. The lowest BCUT2D eigenvalue weighted by atomic mass is 9.88. The van der Waals surface area contributed by atoms with E-state index in [1.165, 1.54) is 21.3 Å². The summed E-state index contributed by atoms with van der Waals surface area (Å²) in [6, 6.07) is 7.07. The van der Waals surface area contributed by atoms with E-state index in [4.69, 9.17) is 15.6 Å². The Kier molecular flexibility index (Phi) is 5.25. The predicted molar refractivity (Wildman–Crippen MR) is 103 cm³/mol. The Morgan fingerprint density at radius 1 is 1.04 bits per heavy atom. The average Bonchev–Trinajstić information content (AvgIpc) is 2.66. The highest BCUT2D eigenvalue weighted by molar-refractivity contribution is 5.53. The van der Waals surface area contributed by atoms with Crippen LogP contribution < -0.4 is 14.2 Å². The van der Waals surface area contributed by atoms with Crippen LogP contribution in [0.3, 0.4) is 0 Å². The summed E-state index contributed by atoms with van der Waals surface area (Å²) in [5, 5.41) is 20.4. The Bertz CT molecular complexity index is 857. The van der Waals surface area contributed by atoms with Crippen LogP contribution in [0.25, 0.3) is 0 Å². The highest BCUT2D eigenvalue weighted by Gasteiger charge is 2.26. The molecule has 0 unspecified atom stereocenters. The molecule has 0 saturated carbocycles. The van der Waals surface area contributed by atoms with Crippen molar-refractivity contribution in [3.05, 3.63) is 41.0 Å². The molecule has 0 aliphatic carbocycles. The molecule has 0 fully saturated rings. The normalized spacial score (nSPS) is 19.9. The van der Waals surface area contributed by atoms with Gasteiger partial charge in [0.05, 0.1) is 21.3 Å². The number of methoxy groups -OCH3 is 3. The molecule has 6 heteroatoms. The monoisotopic (exact) mass is 375 g/mol. The van der Waals surface area contributed by atoms with E-state index in [-0.39, 0.29) is 17.5 Å². The van der Waals surface area contributed by atoms with Crippen molar-refractivity contribution in [1.82, 2.24) is 4.90 Å². The van der Waals surface area contributed by atoms with Crippen molar-refractivity contribution in [2.75, 3.05) is 34.9 Å². The molecular weight excluding hydrogens is 346 g/mol. The van der Waals surface area contributed by atoms with Gasteiger partial charge in [-0.2, -0.15) is 0 Å². The fraction of sp³-hybridized carbons (Fsp3) is 0.429. The van der Waals surface area contributed by atoms with Gasteiger partial charge in [-0.1, -0.05) is 0 Å². The number of aryl methyl sites for hydroxylation is 1. The van der Waals surface area contributed by atoms with Crippen molar-refractivity contribution < 1.29 is 25.8 Å². The molecule has 2 aromatic rings. The van der Waals surface area contributed by atoms with Gasteiger partial charge in [-0.05, 0) is 67.2 Å². The maximum absolute atomic E-state index is 10.2. The van der Waals surface area contributed by atoms with Gasteiger partial charge in [0.15, 0.2) is 23.0 Å². The van der Waals surface area contributed by atoms with Gasteiger partial charge in [0.1, 0.15) is 0 Å². The molecule has 0 saturated heterocycles. The molecule has 2 N–H and O–H groups in total. The van der Waals surface area contributed by atoms with E-state index in [2.05, 4.69) is 4.90 Å². The Balaban J connectivity index is 1.88. The summed E-state index contributed by atoms with van der Waals surface area (Å²) >= 11 is 0. The van der Waals surface area contributed by atoms with E-state index in [0.29, 0.717) is 30.2 Å². The molecule has 1 heterocycles. The van der Waals surface area contributed by atoms with E-state index in [9.17, 15) is 10.2 Å². The predicted octanol–water partition coefficient (Wildman–Crippen LogP) is 3.29. The van der Waals surface area contributed by atoms with Gasteiger partial charge >= 0.3 is 0 Å². The number of likely N-dealkylation sites (N-methyl/N-ethyl adjacent to an activating group) is 1. The molecule has 2 atom stereocenters. The number of phenols is 2. The summed E-state index contributed by atoms with van der Waals surface area (Å²) in [6.07, 6.45) is 1.06. The van der Waals surface area contributed by atoms with E-state index in [0.717, 1.165) is 23.1 Å². The SMILES string of the molecule is [3H][C@H]1CN(C)[C@H](CCc2cc(O)c(OC)c(OC)c2)c2cc(O)c(OC)cc21. The smallest absolute Gasteiger partial charge is 0.203 e. The maximum atomic E-state index is 10.2. The van der Waals surface area contributed by atoms with Crippen LogP contribution in [0.2, 0.25) is 0 Å². The van der Waals surface area contributed by atoms with Crippen LogP contribution in [0.15, 0.2) is 24.3 Å². The minimum absolute atomic E-state index is 0.0443. The number of nitrogens with zero attached hydrogens (tertiary/aromatic N) is 1. The molecule has 0 bridgehead atoms. The zero-order valence-electron chi connectivity index (χ0n) is 17.2. The molecule has 2 aromatic carbocycles. The maximum Gasteiger partial charge on any atom is 0.203 e. The van der Waals surface area contributed by atoms with Crippen molar-refractivity contribution in [3.63, 3.8) is 0 Å². The van der Waals surface area contributed by atoms with Gasteiger partial charge in [-0.15, -0.1) is 0 Å². The number of hydrogen-bond donors (Lipinski definition) is 2. The van der Waals surface area contributed by atoms with Crippen LogP contribution >= 0.6 is 0 Å². The molecule has 0 amide bonds. The minimum Gasteiger partial charge on any atom is -0.504 e. The van der Waals surface area contributed by atoms with E-state index < -0.39 is 6.40 Å². The van der Waals surface area contributed by atoms with Crippen molar-refractivity contribution in [2.24, 2.45) is 0 Å². The van der Waals surface area contributed by atoms with Crippen LogP contribution in [0.5, 0.6) is 28.7 Å². The molecular formula is C21H27NO5. The van der Waals surface area contributed by atoms with Crippen LogP contribution in [0, 0.1) is 0 Å². The Morgan fingerprint density at radius 3 is 2.44 bits per heavy atom. The van der Waals surface area contributed by atoms with Gasteiger partial charge in [0.2, 0.25) is 5.75 Å². The fourth-order valence-corrected chi connectivity index (χ4v) is 3.66. The Morgan fingerprint density at radius 2 is 1.78 bits per heavy atom. The number of phenolic OH excluding ortho intramolecular Hbond substituents is 2. The second-order valence-electron chi connectivity index (χ2n) is 6.70. The Labute approximate surface area is 161 Å². The standard InChI is InChI=1S/C21H27NO5/c1-22-8-7-14-11-19(25-2)17(23)12-15(14)16(22)6-5-13-9-18(24)21(27-4)20(10-13)26-3/h9-12,16,23-24H,5-8H2,1-4H3/t16-/m1/s1/i7T/t7-,16+/m0. The summed E-state index contributed by atoms with van der Waals surface area (Å²) in [5.41, 5.74) is 2.75. The number of rotatable bonds is 6. The molecule has 0 radical (unpaired) electrons. The third kappa shape index (κ3) is 3.76. The second-order valence-corrected chi connectivity index (χ2v) is 6.70. The quantitative estimate of drug-likeness (QED) is 0.807. The summed E-state index contributed by atoms with van der Waals surface area (Å²) in [4.78, 5) is 2.13. The minimum atomic E-state index is -0.393. The molecule has 27 heavy (non-hydrogen) atoms. The summed E-state index contributed by atoms with van der Waals surface area (Å²) in [5.74, 6) is 1.33. The topological polar surface area (TPSA) is 71.4 Å². The number of ether oxygens (including phenoxy) is 3. The van der Waals surface area contributed by atoms with Crippen LogP contribution in [-0.4, -0.2) is 50.0 Å². The molecule has 3 rings (SSSR count). The zero-order valence-corrected chi connectivity index (χ0v) is 16.2. The number of aromatic hydroxyl groups is 2. The second kappa shape index (κ2) is 7.96. The molecule has 0 aromatic heterocycles.